The second kappa shape index (κ2) is 5.16. The van der Waals surface area contributed by atoms with Gasteiger partial charge in [-0.2, -0.15) is 0 Å². The molecule has 0 bridgehead atoms. The van der Waals surface area contributed by atoms with Gasteiger partial charge in [0.15, 0.2) is 0 Å². The highest BCUT2D eigenvalue weighted by Crippen LogP contribution is 2.05. The molecule has 5 heteroatoms. The van der Waals surface area contributed by atoms with E-state index >= 15 is 0 Å². The second-order valence-electron chi connectivity index (χ2n) is 3.61. The first-order valence-corrected chi connectivity index (χ1v) is 4.92. The Hall–Kier alpha value is -2.04. The Bertz CT molecular complexity index is 387. The molecule has 0 radical (unpaired) electrons. The maximum absolute atomic E-state index is 11.5. The second-order valence-corrected chi connectivity index (χ2v) is 3.61. The van der Waals surface area contributed by atoms with E-state index in [0.717, 1.165) is 5.56 Å². The summed E-state index contributed by atoms with van der Waals surface area (Å²) in [7, 11) is 0. The predicted octanol–water partition coefficient (Wildman–Crippen LogP) is -0.199. The lowest BCUT2D eigenvalue weighted by Crippen LogP contribution is -2.42. The fraction of sp³-hybridized carbons (Fsp3) is 0.273. The number of rotatable bonds is 4. The van der Waals surface area contributed by atoms with Crippen LogP contribution < -0.4 is 16.8 Å². The van der Waals surface area contributed by atoms with E-state index in [0.29, 0.717) is 5.69 Å². The first-order valence-electron chi connectivity index (χ1n) is 4.92. The Morgan fingerprint density at radius 3 is 2.38 bits per heavy atom. The molecule has 16 heavy (non-hydrogen) atoms. The van der Waals surface area contributed by atoms with Gasteiger partial charge in [0.25, 0.3) is 0 Å². The van der Waals surface area contributed by atoms with Crippen LogP contribution in [0.15, 0.2) is 24.3 Å². The van der Waals surface area contributed by atoms with E-state index in [1.54, 1.807) is 31.2 Å². The molecular formula is C11H15N3O2. The smallest absolute Gasteiger partial charge is 0.239 e. The van der Waals surface area contributed by atoms with Crippen molar-refractivity contribution in [2.24, 2.45) is 5.73 Å². The molecule has 0 spiro atoms. The third kappa shape index (κ3) is 3.61. The van der Waals surface area contributed by atoms with Gasteiger partial charge in [-0.1, -0.05) is 12.1 Å². The van der Waals surface area contributed by atoms with E-state index in [1.807, 2.05) is 0 Å². The molecule has 0 aliphatic carbocycles. The normalized spacial score (nSPS) is 11.8. The van der Waals surface area contributed by atoms with Gasteiger partial charge < -0.3 is 16.8 Å². The maximum Gasteiger partial charge on any atom is 0.239 e. The van der Waals surface area contributed by atoms with E-state index in [2.05, 4.69) is 5.32 Å². The molecule has 0 fully saturated rings. The molecule has 5 nitrogen and oxygen atoms in total. The maximum atomic E-state index is 11.5. The van der Waals surface area contributed by atoms with Crippen molar-refractivity contribution in [2.75, 3.05) is 5.73 Å². The molecule has 0 heterocycles. The molecule has 0 aliphatic heterocycles. The van der Waals surface area contributed by atoms with Crippen LogP contribution in [-0.4, -0.2) is 17.9 Å². The summed E-state index contributed by atoms with van der Waals surface area (Å²) in [6.45, 7) is 1.54. The number of hydrogen-bond donors (Lipinski definition) is 3. The van der Waals surface area contributed by atoms with Gasteiger partial charge in [0.05, 0.1) is 6.42 Å². The molecule has 0 saturated heterocycles. The molecule has 0 saturated carbocycles. The molecule has 86 valence electrons. The van der Waals surface area contributed by atoms with Gasteiger partial charge in [-0.25, -0.2) is 0 Å². The lowest BCUT2D eigenvalue weighted by molar-refractivity contribution is -0.126. The van der Waals surface area contributed by atoms with Crippen molar-refractivity contribution in [2.45, 2.75) is 19.4 Å². The lowest BCUT2D eigenvalue weighted by atomic mass is 10.1. The molecule has 5 N–H and O–H groups in total. The number of primary amides is 1. The number of nitrogen functional groups attached to an aromatic ring is 1. The van der Waals surface area contributed by atoms with Gasteiger partial charge in [0.1, 0.15) is 6.04 Å². The zero-order valence-corrected chi connectivity index (χ0v) is 9.07. The van der Waals surface area contributed by atoms with Gasteiger partial charge >= 0.3 is 0 Å². The molecule has 1 aromatic carbocycles. The van der Waals surface area contributed by atoms with Crippen LogP contribution in [0.3, 0.4) is 0 Å². The minimum absolute atomic E-state index is 0.206. The third-order valence-corrected chi connectivity index (χ3v) is 2.15. The molecule has 0 unspecified atom stereocenters. The Balaban J connectivity index is 2.52. The van der Waals surface area contributed by atoms with Crippen LogP contribution in [0.2, 0.25) is 0 Å². The van der Waals surface area contributed by atoms with Gasteiger partial charge in [-0.05, 0) is 24.6 Å². The predicted molar refractivity (Wildman–Crippen MR) is 61.4 cm³/mol. The average Bonchev–Trinajstić information content (AvgIpc) is 2.21. The summed E-state index contributed by atoms with van der Waals surface area (Å²) in [5, 5.41) is 2.50. The summed E-state index contributed by atoms with van der Waals surface area (Å²) < 4.78 is 0. The van der Waals surface area contributed by atoms with Crippen LogP contribution >= 0.6 is 0 Å². The van der Waals surface area contributed by atoms with Crippen molar-refractivity contribution in [3.8, 4) is 0 Å². The SMILES string of the molecule is C[C@H](NC(=O)Cc1ccc(N)cc1)C(N)=O. The Morgan fingerprint density at radius 1 is 1.31 bits per heavy atom. The van der Waals surface area contributed by atoms with E-state index in [1.165, 1.54) is 0 Å². The zero-order chi connectivity index (χ0) is 12.1. The first kappa shape index (κ1) is 12.0. The van der Waals surface area contributed by atoms with Crippen molar-refractivity contribution >= 4 is 17.5 Å². The Labute approximate surface area is 93.8 Å². The Kier molecular flexibility index (Phi) is 3.88. The van der Waals surface area contributed by atoms with Gasteiger partial charge in [-0.15, -0.1) is 0 Å². The topological polar surface area (TPSA) is 98.2 Å². The number of nitrogens with one attached hydrogen (secondary N) is 1. The fourth-order valence-corrected chi connectivity index (χ4v) is 1.18. The number of benzene rings is 1. The largest absolute Gasteiger partial charge is 0.399 e. The quantitative estimate of drug-likeness (QED) is 0.614. The fourth-order valence-electron chi connectivity index (χ4n) is 1.18. The monoisotopic (exact) mass is 221 g/mol. The van der Waals surface area contributed by atoms with Gasteiger partial charge in [0.2, 0.25) is 11.8 Å². The summed E-state index contributed by atoms with van der Waals surface area (Å²) in [5.41, 5.74) is 12.0. The van der Waals surface area contributed by atoms with Crippen molar-refractivity contribution in [1.29, 1.82) is 0 Å². The van der Waals surface area contributed by atoms with Crippen LogP contribution in [0.1, 0.15) is 12.5 Å². The molecule has 1 aromatic rings. The molecule has 1 atom stereocenters. The van der Waals surface area contributed by atoms with Crippen LogP contribution in [0.25, 0.3) is 0 Å². The van der Waals surface area contributed by atoms with Crippen LogP contribution in [-0.2, 0) is 16.0 Å². The standard InChI is InChI=1S/C11H15N3O2/c1-7(11(13)16)14-10(15)6-8-2-4-9(12)5-3-8/h2-5,7H,6,12H2,1H3,(H2,13,16)(H,14,15)/t7-/m0/s1. The summed E-state index contributed by atoms with van der Waals surface area (Å²) >= 11 is 0. The van der Waals surface area contributed by atoms with Crippen molar-refractivity contribution in [1.82, 2.24) is 5.32 Å². The Morgan fingerprint density at radius 2 is 1.88 bits per heavy atom. The van der Waals surface area contributed by atoms with Gasteiger partial charge in [0, 0.05) is 5.69 Å². The molecular weight excluding hydrogens is 206 g/mol. The summed E-state index contributed by atoms with van der Waals surface area (Å²) in [5.74, 6) is -0.790. The summed E-state index contributed by atoms with van der Waals surface area (Å²) in [6.07, 6.45) is 0.206. The number of carbonyl (C=O) groups is 2. The van der Waals surface area contributed by atoms with Crippen molar-refractivity contribution < 1.29 is 9.59 Å². The van der Waals surface area contributed by atoms with Gasteiger partial charge in [-0.3, -0.25) is 9.59 Å². The van der Waals surface area contributed by atoms with Crippen LogP contribution in [0.5, 0.6) is 0 Å². The molecule has 0 aromatic heterocycles. The molecule has 0 aliphatic rings. The van der Waals surface area contributed by atoms with E-state index in [9.17, 15) is 9.59 Å². The zero-order valence-electron chi connectivity index (χ0n) is 9.07. The van der Waals surface area contributed by atoms with E-state index in [4.69, 9.17) is 11.5 Å². The highest BCUT2D eigenvalue weighted by molar-refractivity contribution is 5.87. The number of anilines is 1. The number of carbonyl (C=O) groups excluding carboxylic acids is 2. The van der Waals surface area contributed by atoms with Crippen molar-refractivity contribution in [3.63, 3.8) is 0 Å². The van der Waals surface area contributed by atoms with Crippen LogP contribution in [0, 0.1) is 0 Å². The third-order valence-electron chi connectivity index (χ3n) is 2.15. The minimum atomic E-state index is -0.652. The summed E-state index contributed by atoms with van der Waals surface area (Å²) in [6, 6.07) is 6.33. The minimum Gasteiger partial charge on any atom is -0.399 e. The average molecular weight is 221 g/mol. The van der Waals surface area contributed by atoms with E-state index < -0.39 is 11.9 Å². The molecule has 1 rings (SSSR count). The van der Waals surface area contributed by atoms with Crippen LogP contribution in [0.4, 0.5) is 5.69 Å². The number of nitrogens with two attached hydrogens (primary N) is 2. The first-order chi connectivity index (χ1) is 7.49. The highest BCUT2D eigenvalue weighted by atomic mass is 16.2. The number of amides is 2. The summed E-state index contributed by atoms with van der Waals surface area (Å²) in [4.78, 5) is 22.2. The van der Waals surface area contributed by atoms with E-state index in [-0.39, 0.29) is 12.3 Å². The lowest BCUT2D eigenvalue weighted by Gasteiger charge is -2.09. The van der Waals surface area contributed by atoms with Crippen molar-refractivity contribution in [3.05, 3.63) is 29.8 Å². The molecule has 2 amide bonds. The number of hydrogen-bond acceptors (Lipinski definition) is 3. The highest BCUT2D eigenvalue weighted by Gasteiger charge is 2.11.